The number of carboxylic acids is 1. The van der Waals surface area contributed by atoms with E-state index in [0.717, 1.165) is 6.07 Å². The first-order valence-corrected chi connectivity index (χ1v) is 12.3. The van der Waals surface area contributed by atoms with Gasteiger partial charge in [-0.3, -0.25) is 24.0 Å². The van der Waals surface area contributed by atoms with E-state index >= 15 is 0 Å². The third-order valence-corrected chi connectivity index (χ3v) is 5.89. The second-order valence-corrected chi connectivity index (χ2v) is 9.47. The van der Waals surface area contributed by atoms with Crippen molar-refractivity contribution in [3.63, 3.8) is 0 Å². The van der Waals surface area contributed by atoms with Crippen molar-refractivity contribution in [2.45, 2.75) is 45.7 Å². The molecule has 0 aliphatic heterocycles. The number of aliphatic carboxylic acids is 1. The first kappa shape index (κ1) is 31.2. The first-order chi connectivity index (χ1) is 18.3. The molecule has 0 heterocycles. The van der Waals surface area contributed by atoms with E-state index in [9.17, 15) is 33.5 Å². The predicted molar refractivity (Wildman–Crippen MR) is 140 cm³/mol. The van der Waals surface area contributed by atoms with Gasteiger partial charge in [-0.1, -0.05) is 25.4 Å². The van der Waals surface area contributed by atoms with Crippen LogP contribution in [0, 0.1) is 11.7 Å². The normalized spacial score (nSPS) is 12.3. The Bertz CT molecular complexity index is 1250. The zero-order chi connectivity index (χ0) is 29.3. The minimum Gasteiger partial charge on any atom is -0.496 e. The van der Waals surface area contributed by atoms with Crippen LogP contribution in [0.4, 0.5) is 4.39 Å². The van der Waals surface area contributed by atoms with Gasteiger partial charge in [-0.05, 0) is 49.2 Å². The van der Waals surface area contributed by atoms with Crippen molar-refractivity contribution >= 4 is 41.0 Å². The number of carboxylic acid groups (broad SMARTS) is 1. The van der Waals surface area contributed by atoms with Crippen molar-refractivity contribution in [2.24, 2.45) is 5.92 Å². The van der Waals surface area contributed by atoms with Crippen molar-refractivity contribution in [3.8, 4) is 11.5 Å². The summed E-state index contributed by atoms with van der Waals surface area (Å²) < 4.78 is 24.4. The Morgan fingerprint density at radius 3 is 2.26 bits per heavy atom. The van der Waals surface area contributed by atoms with Crippen LogP contribution in [-0.2, 0) is 25.6 Å². The van der Waals surface area contributed by atoms with E-state index in [2.05, 4.69) is 10.6 Å². The van der Waals surface area contributed by atoms with Crippen molar-refractivity contribution in [3.05, 3.63) is 58.4 Å². The highest BCUT2D eigenvalue weighted by molar-refractivity contribution is 6.30. The molecule has 210 valence electrons. The number of hydrogen-bond donors (Lipinski definition) is 3. The van der Waals surface area contributed by atoms with Gasteiger partial charge in [0, 0.05) is 16.1 Å². The molecule has 0 bridgehead atoms. The molecule has 10 nitrogen and oxygen atoms in total. The lowest BCUT2D eigenvalue weighted by Crippen LogP contribution is -2.54. The van der Waals surface area contributed by atoms with Gasteiger partial charge in [0.15, 0.2) is 23.1 Å². The minimum atomic E-state index is -1.50. The van der Waals surface area contributed by atoms with Gasteiger partial charge in [0.25, 0.3) is 0 Å². The van der Waals surface area contributed by atoms with E-state index in [1.54, 1.807) is 26.0 Å². The maximum Gasteiger partial charge on any atom is 0.305 e. The molecule has 0 unspecified atom stereocenters. The predicted octanol–water partition coefficient (Wildman–Crippen LogP) is 2.98. The SMILES string of the molecule is COc1ccc(C(C)=O)cc1CC(=O)N[C@H](C(=O)N[C@@H](CC(=O)O)C(=O)COc1ccc(Cl)cc1F)C(C)C. The number of Topliss-reactive ketones (excluding diaryl/α,β-unsaturated/α-hetero) is 2. The largest absolute Gasteiger partial charge is 0.496 e. The van der Waals surface area contributed by atoms with E-state index in [1.165, 1.54) is 32.2 Å². The zero-order valence-electron chi connectivity index (χ0n) is 21.9. The second kappa shape index (κ2) is 14.2. The van der Waals surface area contributed by atoms with E-state index in [-0.39, 0.29) is 23.0 Å². The quantitative estimate of drug-likeness (QED) is 0.297. The van der Waals surface area contributed by atoms with Crippen LogP contribution in [0.25, 0.3) is 0 Å². The standard InChI is InChI=1S/C27H30ClFN2O8/c1-14(2)26(31-24(34)10-17-9-16(15(3)32)5-7-22(17)38-4)27(37)30-20(12-25(35)36)21(33)13-39-23-8-6-18(28)11-19(23)29/h5-9,11,14,20,26H,10,12-13H2,1-4H3,(H,30,37)(H,31,34)(H,35,36)/t20-,26-/m0/s1. The summed E-state index contributed by atoms with van der Waals surface area (Å²) in [6.45, 7) is 3.97. The fourth-order valence-electron chi connectivity index (χ4n) is 3.59. The molecular formula is C27H30ClFN2O8. The number of ether oxygens (including phenoxy) is 2. The third-order valence-electron chi connectivity index (χ3n) is 5.65. The Balaban J connectivity index is 2.13. The number of carbonyl (C=O) groups is 5. The number of halogens is 2. The van der Waals surface area contributed by atoms with Crippen molar-refractivity contribution in [2.75, 3.05) is 13.7 Å². The summed E-state index contributed by atoms with van der Waals surface area (Å²) in [5.74, 6) is -4.90. The summed E-state index contributed by atoms with van der Waals surface area (Å²) in [7, 11) is 1.42. The number of hydrogen-bond acceptors (Lipinski definition) is 7. The van der Waals surface area contributed by atoms with Crippen LogP contribution in [-0.4, -0.2) is 60.3 Å². The smallest absolute Gasteiger partial charge is 0.305 e. The lowest BCUT2D eigenvalue weighted by Gasteiger charge is -2.25. The van der Waals surface area contributed by atoms with E-state index in [1.807, 2.05) is 0 Å². The molecule has 0 saturated heterocycles. The lowest BCUT2D eigenvalue weighted by molar-refractivity contribution is -0.141. The van der Waals surface area contributed by atoms with Gasteiger partial charge in [0.1, 0.15) is 24.4 Å². The van der Waals surface area contributed by atoms with Crippen LogP contribution >= 0.6 is 11.6 Å². The number of benzene rings is 2. The fourth-order valence-corrected chi connectivity index (χ4v) is 3.75. The van der Waals surface area contributed by atoms with Gasteiger partial charge in [0.2, 0.25) is 11.8 Å². The molecule has 0 fully saturated rings. The third kappa shape index (κ3) is 9.36. The Morgan fingerprint density at radius 2 is 1.69 bits per heavy atom. The van der Waals surface area contributed by atoms with Crippen molar-refractivity contribution in [1.82, 2.24) is 10.6 Å². The molecule has 12 heteroatoms. The second-order valence-electron chi connectivity index (χ2n) is 9.04. The first-order valence-electron chi connectivity index (χ1n) is 11.9. The van der Waals surface area contributed by atoms with Crippen molar-refractivity contribution in [1.29, 1.82) is 0 Å². The van der Waals surface area contributed by atoms with Crippen LogP contribution in [0.3, 0.4) is 0 Å². The van der Waals surface area contributed by atoms with Gasteiger partial charge >= 0.3 is 5.97 Å². The van der Waals surface area contributed by atoms with E-state index in [4.69, 9.17) is 21.1 Å². The average Bonchev–Trinajstić information content (AvgIpc) is 2.85. The molecule has 0 spiro atoms. The molecule has 3 N–H and O–H groups in total. The fraction of sp³-hybridized carbons (Fsp3) is 0.370. The van der Waals surface area contributed by atoms with Crippen molar-refractivity contribution < 1.29 is 42.9 Å². The van der Waals surface area contributed by atoms with Gasteiger partial charge in [-0.2, -0.15) is 0 Å². The summed E-state index contributed by atoms with van der Waals surface area (Å²) in [4.78, 5) is 61.7. The average molecular weight is 565 g/mol. The molecule has 2 amide bonds. The molecule has 2 rings (SSSR count). The van der Waals surface area contributed by atoms with Gasteiger partial charge < -0.3 is 25.2 Å². The maximum absolute atomic E-state index is 14.0. The summed E-state index contributed by atoms with van der Waals surface area (Å²) in [6, 6.07) is 5.57. The summed E-state index contributed by atoms with van der Waals surface area (Å²) in [5.41, 5.74) is 0.809. The highest BCUT2D eigenvalue weighted by Gasteiger charge is 2.30. The Morgan fingerprint density at radius 1 is 1.03 bits per heavy atom. The zero-order valence-corrected chi connectivity index (χ0v) is 22.6. The summed E-state index contributed by atoms with van der Waals surface area (Å²) in [6.07, 6.45) is -0.969. The minimum absolute atomic E-state index is 0.119. The van der Waals surface area contributed by atoms with Crippen LogP contribution in [0.5, 0.6) is 11.5 Å². The molecule has 0 aliphatic rings. The van der Waals surface area contributed by atoms with E-state index < -0.39 is 60.4 Å². The monoisotopic (exact) mass is 564 g/mol. The van der Waals surface area contributed by atoms with Gasteiger partial charge in [-0.15, -0.1) is 0 Å². The molecule has 39 heavy (non-hydrogen) atoms. The Hall–Kier alpha value is -3.99. The number of rotatable bonds is 14. The summed E-state index contributed by atoms with van der Waals surface area (Å²) >= 11 is 5.69. The Labute approximate surface area is 229 Å². The molecule has 0 radical (unpaired) electrons. The topological polar surface area (TPSA) is 148 Å². The number of carbonyl (C=O) groups excluding carboxylic acids is 4. The molecule has 0 aliphatic carbocycles. The number of amides is 2. The maximum atomic E-state index is 14.0. The summed E-state index contributed by atoms with van der Waals surface area (Å²) in [5, 5.41) is 14.3. The highest BCUT2D eigenvalue weighted by atomic mass is 35.5. The van der Waals surface area contributed by atoms with Gasteiger partial charge in [0.05, 0.1) is 20.0 Å². The number of ketones is 2. The van der Waals surface area contributed by atoms with Crippen LogP contribution < -0.4 is 20.1 Å². The van der Waals surface area contributed by atoms with Crippen LogP contribution in [0.15, 0.2) is 36.4 Å². The molecule has 0 saturated carbocycles. The molecule has 2 aromatic rings. The Kier molecular flexibility index (Phi) is 11.4. The number of nitrogens with one attached hydrogen (secondary N) is 2. The van der Waals surface area contributed by atoms with Gasteiger partial charge in [-0.25, -0.2) is 4.39 Å². The molecular weight excluding hydrogens is 535 g/mol. The highest BCUT2D eigenvalue weighted by Crippen LogP contribution is 2.22. The lowest BCUT2D eigenvalue weighted by atomic mass is 10.0. The number of methoxy groups -OCH3 is 1. The van der Waals surface area contributed by atoms with E-state index in [0.29, 0.717) is 16.9 Å². The molecule has 2 atom stereocenters. The van der Waals surface area contributed by atoms with Crippen LogP contribution in [0.1, 0.15) is 43.1 Å². The molecule has 2 aromatic carbocycles. The molecule has 0 aromatic heterocycles. The van der Waals surface area contributed by atoms with Crippen LogP contribution in [0.2, 0.25) is 5.02 Å².